The SMILES string of the molecule is Nc1ccc(-c2ccccn2)cc1NC(=O)N1Cc2ccncc2C1. The van der Waals surface area contributed by atoms with Gasteiger partial charge in [0.25, 0.3) is 0 Å². The molecule has 0 atom stereocenters. The highest BCUT2D eigenvalue weighted by Crippen LogP contribution is 2.27. The minimum atomic E-state index is -0.180. The van der Waals surface area contributed by atoms with E-state index < -0.39 is 0 Å². The van der Waals surface area contributed by atoms with Crippen molar-refractivity contribution < 1.29 is 4.79 Å². The Bertz CT molecular complexity index is 901. The molecule has 0 spiro atoms. The molecule has 3 aromatic rings. The largest absolute Gasteiger partial charge is 0.397 e. The van der Waals surface area contributed by atoms with Gasteiger partial charge in [-0.3, -0.25) is 9.97 Å². The van der Waals surface area contributed by atoms with Gasteiger partial charge in [0.1, 0.15) is 0 Å². The number of nitrogens with zero attached hydrogens (tertiary/aromatic N) is 3. The van der Waals surface area contributed by atoms with E-state index in [2.05, 4.69) is 15.3 Å². The van der Waals surface area contributed by atoms with Gasteiger partial charge >= 0.3 is 6.03 Å². The second kappa shape index (κ2) is 6.24. The third-order valence-corrected chi connectivity index (χ3v) is 4.27. The fourth-order valence-corrected chi connectivity index (χ4v) is 2.91. The van der Waals surface area contributed by atoms with Crippen LogP contribution in [0, 0.1) is 0 Å². The van der Waals surface area contributed by atoms with E-state index in [9.17, 15) is 4.79 Å². The van der Waals surface area contributed by atoms with Gasteiger partial charge in [-0.25, -0.2) is 4.79 Å². The molecule has 1 aromatic carbocycles. The summed E-state index contributed by atoms with van der Waals surface area (Å²) in [7, 11) is 0. The number of anilines is 2. The average molecular weight is 331 g/mol. The molecule has 0 radical (unpaired) electrons. The summed E-state index contributed by atoms with van der Waals surface area (Å²) in [4.78, 5) is 22.8. The lowest BCUT2D eigenvalue weighted by molar-refractivity contribution is 0.212. The minimum absolute atomic E-state index is 0.180. The Hall–Kier alpha value is -3.41. The highest BCUT2D eigenvalue weighted by Gasteiger charge is 2.23. The number of carbonyl (C=O) groups is 1. The summed E-state index contributed by atoms with van der Waals surface area (Å²) < 4.78 is 0. The molecule has 0 fully saturated rings. The third-order valence-electron chi connectivity index (χ3n) is 4.27. The van der Waals surface area contributed by atoms with Crippen molar-refractivity contribution in [3.63, 3.8) is 0 Å². The molecule has 124 valence electrons. The van der Waals surface area contributed by atoms with Crippen LogP contribution in [0.15, 0.2) is 61.1 Å². The lowest BCUT2D eigenvalue weighted by atomic mass is 10.1. The summed E-state index contributed by atoms with van der Waals surface area (Å²) in [6.07, 6.45) is 5.28. The second-order valence-electron chi connectivity index (χ2n) is 5.95. The molecule has 4 rings (SSSR count). The number of nitrogens with one attached hydrogen (secondary N) is 1. The Kier molecular flexibility index (Phi) is 3.78. The van der Waals surface area contributed by atoms with Gasteiger partial charge in [0, 0.05) is 37.2 Å². The van der Waals surface area contributed by atoms with Gasteiger partial charge in [0.2, 0.25) is 0 Å². The van der Waals surface area contributed by atoms with E-state index in [1.54, 1.807) is 29.6 Å². The molecule has 0 unspecified atom stereocenters. The zero-order chi connectivity index (χ0) is 17.2. The van der Waals surface area contributed by atoms with Crippen molar-refractivity contribution >= 4 is 17.4 Å². The summed E-state index contributed by atoms with van der Waals surface area (Å²) in [5.41, 5.74) is 11.1. The molecule has 1 aliphatic heterocycles. The third kappa shape index (κ3) is 3.01. The molecule has 3 N–H and O–H groups in total. The highest BCUT2D eigenvalue weighted by molar-refractivity contribution is 5.94. The summed E-state index contributed by atoms with van der Waals surface area (Å²) >= 11 is 0. The van der Waals surface area contributed by atoms with E-state index in [1.807, 2.05) is 36.4 Å². The van der Waals surface area contributed by atoms with Crippen molar-refractivity contribution in [3.05, 3.63) is 72.2 Å². The zero-order valence-corrected chi connectivity index (χ0v) is 13.5. The zero-order valence-electron chi connectivity index (χ0n) is 13.5. The topological polar surface area (TPSA) is 84.1 Å². The molecule has 6 heteroatoms. The van der Waals surface area contributed by atoms with Crippen LogP contribution in [-0.4, -0.2) is 20.9 Å². The standard InChI is InChI=1S/C19H17N5O/c20-16-5-4-13(17-3-1-2-7-22-17)9-18(16)23-19(25)24-11-14-6-8-21-10-15(14)12-24/h1-10H,11-12,20H2,(H,23,25). The second-order valence-corrected chi connectivity index (χ2v) is 5.95. The van der Waals surface area contributed by atoms with Gasteiger partial charge in [-0.1, -0.05) is 12.1 Å². The van der Waals surface area contributed by atoms with Crippen molar-refractivity contribution in [1.29, 1.82) is 0 Å². The van der Waals surface area contributed by atoms with Gasteiger partial charge in [0.15, 0.2) is 0 Å². The first kappa shape index (κ1) is 15.1. The Morgan fingerprint density at radius 2 is 1.96 bits per heavy atom. The van der Waals surface area contributed by atoms with Crippen molar-refractivity contribution in [2.24, 2.45) is 0 Å². The Labute approximate surface area is 145 Å². The maximum Gasteiger partial charge on any atom is 0.322 e. The molecular weight excluding hydrogens is 314 g/mol. The maximum atomic E-state index is 12.6. The fraction of sp³-hybridized carbons (Fsp3) is 0.105. The summed E-state index contributed by atoms with van der Waals surface area (Å²) in [6, 6.07) is 13.0. The monoisotopic (exact) mass is 331 g/mol. The number of hydrogen-bond donors (Lipinski definition) is 2. The van der Waals surface area contributed by atoms with E-state index in [0.717, 1.165) is 22.4 Å². The van der Waals surface area contributed by atoms with E-state index in [-0.39, 0.29) is 6.03 Å². The number of benzene rings is 1. The molecule has 0 bridgehead atoms. The van der Waals surface area contributed by atoms with Gasteiger partial charge in [-0.05, 0) is 41.5 Å². The Balaban J connectivity index is 1.54. The highest BCUT2D eigenvalue weighted by atomic mass is 16.2. The molecular formula is C19H17N5O. The molecule has 6 nitrogen and oxygen atoms in total. The number of amides is 2. The maximum absolute atomic E-state index is 12.6. The van der Waals surface area contributed by atoms with Crippen LogP contribution in [0.25, 0.3) is 11.3 Å². The van der Waals surface area contributed by atoms with Crippen molar-refractivity contribution in [2.75, 3.05) is 11.1 Å². The molecule has 25 heavy (non-hydrogen) atoms. The Morgan fingerprint density at radius 1 is 1.08 bits per heavy atom. The first-order valence-electron chi connectivity index (χ1n) is 7.99. The van der Waals surface area contributed by atoms with Crippen LogP contribution in [0.2, 0.25) is 0 Å². The average Bonchev–Trinajstić information content (AvgIpc) is 3.08. The number of hydrogen-bond acceptors (Lipinski definition) is 4. The molecule has 2 aromatic heterocycles. The van der Waals surface area contributed by atoms with Crippen LogP contribution in [0.3, 0.4) is 0 Å². The number of carbonyl (C=O) groups excluding carboxylic acids is 1. The molecule has 0 saturated heterocycles. The van der Waals surface area contributed by atoms with E-state index in [4.69, 9.17) is 5.73 Å². The van der Waals surface area contributed by atoms with Crippen LogP contribution in [-0.2, 0) is 13.1 Å². The van der Waals surface area contributed by atoms with Crippen LogP contribution in [0.1, 0.15) is 11.1 Å². The lowest BCUT2D eigenvalue weighted by Crippen LogP contribution is -2.30. The molecule has 3 heterocycles. The summed E-state index contributed by atoms with van der Waals surface area (Å²) in [5, 5.41) is 2.91. The van der Waals surface area contributed by atoms with Crippen molar-refractivity contribution in [2.45, 2.75) is 13.1 Å². The van der Waals surface area contributed by atoms with Crippen LogP contribution in [0.4, 0.5) is 16.2 Å². The summed E-state index contributed by atoms with van der Waals surface area (Å²) in [6.45, 7) is 1.12. The normalized spacial score (nSPS) is 12.7. The quantitative estimate of drug-likeness (QED) is 0.706. The molecule has 1 aliphatic rings. The van der Waals surface area contributed by atoms with Crippen molar-refractivity contribution in [1.82, 2.24) is 14.9 Å². The number of rotatable bonds is 2. The molecule has 0 aliphatic carbocycles. The predicted octanol–water partition coefficient (Wildman–Crippen LogP) is 3.27. The number of nitrogens with two attached hydrogens (primary N) is 1. The number of urea groups is 1. The number of nitrogen functional groups attached to an aromatic ring is 1. The summed E-state index contributed by atoms with van der Waals surface area (Å²) in [5.74, 6) is 0. The first-order chi connectivity index (χ1) is 12.2. The molecule has 0 saturated carbocycles. The smallest absolute Gasteiger partial charge is 0.322 e. The predicted molar refractivity (Wildman–Crippen MR) is 96.6 cm³/mol. The van der Waals surface area contributed by atoms with Gasteiger partial charge in [0.05, 0.1) is 17.1 Å². The number of pyridine rings is 2. The van der Waals surface area contributed by atoms with E-state index >= 15 is 0 Å². The fourth-order valence-electron chi connectivity index (χ4n) is 2.91. The van der Waals surface area contributed by atoms with Gasteiger partial charge in [-0.2, -0.15) is 0 Å². The molecule has 2 amide bonds. The number of aromatic nitrogens is 2. The van der Waals surface area contributed by atoms with Crippen molar-refractivity contribution in [3.8, 4) is 11.3 Å². The van der Waals surface area contributed by atoms with E-state index in [0.29, 0.717) is 24.5 Å². The number of fused-ring (bicyclic) bond motifs is 1. The lowest BCUT2D eigenvalue weighted by Gasteiger charge is -2.18. The van der Waals surface area contributed by atoms with Gasteiger partial charge < -0.3 is 16.0 Å². The minimum Gasteiger partial charge on any atom is -0.397 e. The van der Waals surface area contributed by atoms with E-state index in [1.165, 1.54) is 0 Å². The first-order valence-corrected chi connectivity index (χ1v) is 7.99. The van der Waals surface area contributed by atoms with Crippen LogP contribution < -0.4 is 11.1 Å². The Morgan fingerprint density at radius 3 is 2.76 bits per heavy atom. The van der Waals surface area contributed by atoms with Crippen LogP contribution in [0.5, 0.6) is 0 Å². The van der Waals surface area contributed by atoms with Crippen LogP contribution >= 0.6 is 0 Å². The van der Waals surface area contributed by atoms with Gasteiger partial charge in [-0.15, -0.1) is 0 Å².